The molecule has 0 aliphatic heterocycles. The number of hydrogen-bond donors (Lipinski definition) is 1. The van der Waals surface area contributed by atoms with Crippen LogP contribution in [0.2, 0.25) is 0 Å². The van der Waals surface area contributed by atoms with Crippen molar-refractivity contribution in [2.24, 2.45) is 0 Å². The van der Waals surface area contributed by atoms with Crippen molar-refractivity contribution in [1.29, 1.82) is 0 Å². The molecule has 1 fully saturated rings. The number of aromatic nitrogens is 3. The van der Waals surface area contributed by atoms with Gasteiger partial charge >= 0.3 is 10.2 Å². The van der Waals surface area contributed by atoms with Crippen molar-refractivity contribution in [2.75, 3.05) is 7.05 Å². The second-order valence-electron chi connectivity index (χ2n) is 9.41. The molecule has 0 bridgehead atoms. The zero-order valence-corrected chi connectivity index (χ0v) is 19.9. The number of rotatable bonds is 6. The normalized spacial score (nSPS) is 14.8. The van der Waals surface area contributed by atoms with E-state index in [1.54, 1.807) is 6.07 Å². The number of benzene rings is 1. The molecule has 1 saturated carbocycles. The third-order valence-electron chi connectivity index (χ3n) is 5.59. The average molecular weight is 456 g/mol. The Hall–Kier alpha value is -2.78. The number of fused-ring (bicyclic) bond motifs is 1. The summed E-state index contributed by atoms with van der Waals surface area (Å²) in [5.74, 6) is -0.372. The van der Waals surface area contributed by atoms with E-state index in [1.165, 1.54) is 7.05 Å². The molecule has 8 nitrogen and oxygen atoms in total. The van der Waals surface area contributed by atoms with Crippen molar-refractivity contribution < 1.29 is 13.2 Å². The van der Waals surface area contributed by atoms with Crippen molar-refractivity contribution in [3.05, 3.63) is 58.9 Å². The van der Waals surface area contributed by atoms with Crippen molar-refractivity contribution in [3.63, 3.8) is 0 Å². The number of nitrogens with zero attached hydrogens (tertiary/aromatic N) is 4. The third-order valence-corrected chi connectivity index (χ3v) is 6.98. The van der Waals surface area contributed by atoms with Crippen LogP contribution >= 0.6 is 0 Å². The van der Waals surface area contributed by atoms with Gasteiger partial charge in [-0.3, -0.25) is 4.79 Å². The number of amides is 1. The Morgan fingerprint density at radius 3 is 2.47 bits per heavy atom. The predicted octanol–water partition coefficient (Wildman–Crippen LogP) is 3.48. The van der Waals surface area contributed by atoms with Gasteiger partial charge in [-0.1, -0.05) is 30.3 Å². The van der Waals surface area contributed by atoms with E-state index in [0.717, 1.165) is 28.4 Å². The summed E-state index contributed by atoms with van der Waals surface area (Å²) in [7, 11) is -2.59. The first-order valence-corrected chi connectivity index (χ1v) is 12.1. The minimum atomic E-state index is -4.04. The lowest BCUT2D eigenvalue weighted by molar-refractivity contribution is 0.0980. The molecule has 0 unspecified atom stereocenters. The van der Waals surface area contributed by atoms with E-state index in [4.69, 9.17) is 4.98 Å². The van der Waals surface area contributed by atoms with Gasteiger partial charge in [0.15, 0.2) is 5.65 Å². The van der Waals surface area contributed by atoms with Crippen LogP contribution in [0, 0.1) is 6.92 Å². The van der Waals surface area contributed by atoms with Crippen LogP contribution in [0.5, 0.6) is 0 Å². The van der Waals surface area contributed by atoms with Crippen LogP contribution in [0.25, 0.3) is 11.0 Å². The highest BCUT2D eigenvalue weighted by atomic mass is 32.2. The number of aryl methyl sites for hydroxylation is 1. The topological polar surface area (TPSA) is 97.2 Å². The van der Waals surface area contributed by atoms with Gasteiger partial charge in [0.1, 0.15) is 0 Å². The van der Waals surface area contributed by atoms with Gasteiger partial charge in [-0.15, -0.1) is 0 Å². The SMILES string of the molecule is Cc1nn(C(C)(C)C)c2nc(C3CC3)cc(C(=O)NS(=O)(=O)N(C)Cc3ccccc3)c12. The van der Waals surface area contributed by atoms with Crippen LogP contribution in [0.15, 0.2) is 36.4 Å². The van der Waals surface area contributed by atoms with E-state index in [0.29, 0.717) is 28.2 Å². The summed E-state index contributed by atoms with van der Waals surface area (Å²) in [5.41, 5.74) is 2.85. The molecule has 3 aromatic rings. The van der Waals surface area contributed by atoms with Gasteiger partial charge in [-0.25, -0.2) is 14.4 Å². The predicted molar refractivity (Wildman–Crippen MR) is 124 cm³/mol. The molecular weight excluding hydrogens is 426 g/mol. The van der Waals surface area contributed by atoms with E-state index < -0.39 is 16.1 Å². The first-order chi connectivity index (χ1) is 15.0. The highest BCUT2D eigenvalue weighted by molar-refractivity contribution is 7.87. The molecule has 170 valence electrons. The molecule has 0 saturated heterocycles. The second-order valence-corrected chi connectivity index (χ2v) is 11.2. The number of pyridine rings is 1. The summed E-state index contributed by atoms with van der Waals surface area (Å²) in [5, 5.41) is 5.21. The standard InChI is InChI=1S/C23H29N5O3S/c1-15-20-18(13-19(17-11-12-17)24-21(20)28(25-15)23(2,3)4)22(29)26-32(30,31)27(5)14-16-9-7-6-8-10-16/h6-10,13,17H,11-12,14H2,1-5H3,(H,26,29). The van der Waals surface area contributed by atoms with Crippen molar-refractivity contribution >= 4 is 27.1 Å². The first kappa shape index (κ1) is 22.4. The Morgan fingerprint density at radius 1 is 1.22 bits per heavy atom. The molecule has 1 aromatic carbocycles. The molecule has 1 aliphatic rings. The number of carbonyl (C=O) groups excluding carboxylic acids is 1. The van der Waals surface area contributed by atoms with Gasteiger partial charge in [0.2, 0.25) is 0 Å². The molecule has 0 radical (unpaired) electrons. The molecule has 0 spiro atoms. The molecular formula is C23H29N5O3S. The Balaban J connectivity index is 1.71. The maximum Gasteiger partial charge on any atom is 0.304 e. The van der Waals surface area contributed by atoms with Gasteiger partial charge < -0.3 is 0 Å². The summed E-state index contributed by atoms with van der Waals surface area (Å²) in [6, 6.07) is 11.0. The largest absolute Gasteiger partial charge is 0.304 e. The van der Waals surface area contributed by atoms with E-state index in [2.05, 4.69) is 9.82 Å². The van der Waals surface area contributed by atoms with Gasteiger partial charge in [0.05, 0.1) is 22.2 Å². The van der Waals surface area contributed by atoms with Crippen LogP contribution in [0.4, 0.5) is 0 Å². The summed E-state index contributed by atoms with van der Waals surface area (Å²) in [6.45, 7) is 8.03. The fourth-order valence-corrected chi connectivity index (χ4v) is 4.54. The molecule has 32 heavy (non-hydrogen) atoms. The molecule has 4 rings (SSSR count). The van der Waals surface area contributed by atoms with Gasteiger partial charge in [0.25, 0.3) is 5.91 Å². The number of hydrogen-bond acceptors (Lipinski definition) is 5. The molecule has 1 aliphatic carbocycles. The van der Waals surface area contributed by atoms with E-state index in [9.17, 15) is 13.2 Å². The van der Waals surface area contributed by atoms with Crippen LogP contribution in [0.3, 0.4) is 0 Å². The fourth-order valence-electron chi connectivity index (χ4n) is 3.72. The smallest absolute Gasteiger partial charge is 0.268 e. The molecule has 1 amide bonds. The minimum Gasteiger partial charge on any atom is -0.268 e. The summed E-state index contributed by atoms with van der Waals surface area (Å²) in [6.07, 6.45) is 2.03. The van der Waals surface area contributed by atoms with Gasteiger partial charge in [-0.05, 0) is 52.2 Å². The monoisotopic (exact) mass is 455 g/mol. The Bertz CT molecular complexity index is 1270. The fraction of sp³-hybridized carbons (Fsp3) is 0.435. The van der Waals surface area contributed by atoms with Crippen LogP contribution in [-0.2, 0) is 22.3 Å². The summed E-state index contributed by atoms with van der Waals surface area (Å²) in [4.78, 5) is 18.1. The van der Waals surface area contributed by atoms with Crippen LogP contribution in [0.1, 0.15) is 66.8 Å². The Morgan fingerprint density at radius 2 is 1.88 bits per heavy atom. The molecule has 2 heterocycles. The number of carbonyl (C=O) groups is 1. The van der Waals surface area contributed by atoms with E-state index >= 15 is 0 Å². The molecule has 1 N–H and O–H groups in total. The van der Waals surface area contributed by atoms with Crippen LogP contribution in [-0.4, -0.2) is 40.4 Å². The zero-order valence-electron chi connectivity index (χ0n) is 19.1. The highest BCUT2D eigenvalue weighted by Crippen LogP contribution is 2.41. The molecule has 9 heteroatoms. The van der Waals surface area contributed by atoms with Crippen molar-refractivity contribution in [3.8, 4) is 0 Å². The quantitative estimate of drug-likeness (QED) is 0.614. The van der Waals surface area contributed by atoms with Crippen LogP contribution < -0.4 is 4.72 Å². The second kappa shape index (κ2) is 7.97. The first-order valence-electron chi connectivity index (χ1n) is 10.7. The zero-order chi connectivity index (χ0) is 23.3. The van der Waals surface area contributed by atoms with E-state index in [1.807, 2.05) is 62.7 Å². The van der Waals surface area contributed by atoms with Crippen molar-refractivity contribution in [1.82, 2.24) is 23.8 Å². The lowest BCUT2D eigenvalue weighted by Gasteiger charge is -2.20. The molecule has 0 atom stereocenters. The van der Waals surface area contributed by atoms with Gasteiger partial charge in [-0.2, -0.15) is 17.8 Å². The molecule has 2 aromatic heterocycles. The van der Waals surface area contributed by atoms with Crippen molar-refractivity contribution in [2.45, 2.75) is 58.5 Å². The minimum absolute atomic E-state index is 0.156. The Labute approximate surface area is 188 Å². The lowest BCUT2D eigenvalue weighted by atomic mass is 10.1. The lowest BCUT2D eigenvalue weighted by Crippen LogP contribution is -2.41. The highest BCUT2D eigenvalue weighted by Gasteiger charge is 2.31. The maximum atomic E-state index is 13.3. The van der Waals surface area contributed by atoms with E-state index in [-0.39, 0.29) is 12.1 Å². The summed E-state index contributed by atoms with van der Waals surface area (Å²) >= 11 is 0. The average Bonchev–Trinajstić information content (AvgIpc) is 3.50. The van der Waals surface area contributed by atoms with Gasteiger partial charge in [0, 0.05) is 25.2 Å². The maximum absolute atomic E-state index is 13.3. The summed E-state index contributed by atoms with van der Waals surface area (Å²) < 4.78 is 31.0. The number of nitrogens with one attached hydrogen (secondary N) is 1. The Kier molecular flexibility index (Phi) is 5.58. The third kappa shape index (κ3) is 4.40.